The minimum absolute atomic E-state index is 0.653. The maximum atomic E-state index is 11.7. The number of carboxylic acid groups (broad SMARTS) is 1. The predicted octanol–water partition coefficient (Wildman–Crippen LogP) is -2.17. The summed E-state index contributed by atoms with van der Waals surface area (Å²) in [7, 11) is 0. The van der Waals surface area contributed by atoms with E-state index in [9.17, 15) is 19.2 Å². The summed E-state index contributed by atoms with van der Waals surface area (Å²) in [4.78, 5) is 44.4. The second-order valence-electron chi connectivity index (χ2n) is 3.86. The third-order valence-electron chi connectivity index (χ3n) is 1.97. The third kappa shape index (κ3) is 7.22. The molecule has 0 rings (SSSR count). The highest BCUT2D eigenvalue weighted by atomic mass is 16.6. The number of hydrogen-bond donors (Lipinski definition) is 3. The summed E-state index contributed by atoms with van der Waals surface area (Å²) >= 11 is 0. The van der Waals surface area contributed by atoms with E-state index in [0.29, 0.717) is 0 Å². The first-order valence-electron chi connectivity index (χ1n) is 5.71. The van der Waals surface area contributed by atoms with Crippen LogP contribution in [0.2, 0.25) is 0 Å². The fourth-order valence-corrected chi connectivity index (χ4v) is 1.15. The van der Waals surface area contributed by atoms with E-state index in [-0.39, 0.29) is 0 Å². The summed E-state index contributed by atoms with van der Waals surface area (Å²) in [5.74, 6) is -5.08. The quantitative estimate of drug-likeness (QED) is 0.333. The molecule has 0 saturated carbocycles. The average Bonchev–Trinajstić information content (AvgIpc) is 2.38. The molecule has 0 bridgehead atoms. The van der Waals surface area contributed by atoms with Gasteiger partial charge in [0.2, 0.25) is 12.2 Å². The smallest absolute Gasteiger partial charge is 0.352 e. The maximum absolute atomic E-state index is 11.7. The molecule has 0 aromatic rings. The lowest BCUT2D eigenvalue weighted by Crippen LogP contribution is -2.46. The van der Waals surface area contributed by atoms with Crippen molar-refractivity contribution >= 4 is 23.9 Å². The van der Waals surface area contributed by atoms with Crippen molar-refractivity contribution in [2.24, 2.45) is 0 Å². The van der Waals surface area contributed by atoms with Gasteiger partial charge in [-0.1, -0.05) is 0 Å². The zero-order valence-corrected chi connectivity index (χ0v) is 11.3. The van der Waals surface area contributed by atoms with Gasteiger partial charge in [0.05, 0.1) is 6.61 Å². The van der Waals surface area contributed by atoms with E-state index in [1.165, 1.54) is 0 Å². The standard InChI is InChI=1S/C11H16O10/c1-5(13)20-8(10(16)17)9(21-6(2)14)11(18)19-4-7(15)3-12/h7-9,12,15H,3-4H2,1-2H3,(H,16,17). The van der Waals surface area contributed by atoms with Crippen LogP contribution in [-0.4, -0.2) is 70.7 Å². The third-order valence-corrected chi connectivity index (χ3v) is 1.97. The Bertz CT molecular complexity index is 404. The molecule has 10 nitrogen and oxygen atoms in total. The average molecular weight is 308 g/mol. The van der Waals surface area contributed by atoms with Crippen molar-refractivity contribution < 1.29 is 48.7 Å². The molecular weight excluding hydrogens is 292 g/mol. The molecule has 0 aliphatic heterocycles. The minimum atomic E-state index is -2.09. The highest BCUT2D eigenvalue weighted by molar-refractivity contribution is 5.88. The van der Waals surface area contributed by atoms with E-state index < -0.39 is 55.4 Å². The number of rotatable bonds is 8. The van der Waals surface area contributed by atoms with Crippen molar-refractivity contribution in [2.45, 2.75) is 32.2 Å². The van der Waals surface area contributed by atoms with Crippen LogP contribution in [0.15, 0.2) is 0 Å². The highest BCUT2D eigenvalue weighted by Crippen LogP contribution is 2.09. The van der Waals surface area contributed by atoms with Crippen LogP contribution in [0, 0.1) is 0 Å². The number of carbonyl (C=O) groups excluding carboxylic acids is 3. The Morgan fingerprint density at radius 1 is 1.00 bits per heavy atom. The van der Waals surface area contributed by atoms with Crippen LogP contribution in [0.4, 0.5) is 0 Å². The SMILES string of the molecule is CC(=O)OC(C(=O)O)C(OC(C)=O)C(=O)OCC(O)CO. The lowest BCUT2D eigenvalue weighted by atomic mass is 10.2. The Hall–Kier alpha value is -2.20. The van der Waals surface area contributed by atoms with Gasteiger partial charge in [-0.2, -0.15) is 0 Å². The Morgan fingerprint density at radius 2 is 1.48 bits per heavy atom. The molecule has 0 saturated heterocycles. The largest absolute Gasteiger partial charge is 0.478 e. The van der Waals surface area contributed by atoms with Crippen LogP contribution < -0.4 is 0 Å². The zero-order valence-electron chi connectivity index (χ0n) is 11.3. The van der Waals surface area contributed by atoms with E-state index >= 15 is 0 Å². The van der Waals surface area contributed by atoms with E-state index in [4.69, 9.17) is 15.3 Å². The van der Waals surface area contributed by atoms with Gasteiger partial charge in [0.1, 0.15) is 12.7 Å². The predicted molar refractivity (Wildman–Crippen MR) is 62.8 cm³/mol. The van der Waals surface area contributed by atoms with Crippen molar-refractivity contribution in [1.82, 2.24) is 0 Å². The molecule has 21 heavy (non-hydrogen) atoms. The summed E-state index contributed by atoms with van der Waals surface area (Å²) in [5.41, 5.74) is 0. The molecule has 3 atom stereocenters. The molecule has 0 spiro atoms. The molecule has 0 radical (unpaired) electrons. The number of esters is 3. The lowest BCUT2D eigenvalue weighted by Gasteiger charge is -2.22. The monoisotopic (exact) mass is 308 g/mol. The van der Waals surface area contributed by atoms with Crippen molar-refractivity contribution in [3.63, 3.8) is 0 Å². The molecular formula is C11H16O10. The Morgan fingerprint density at radius 3 is 1.86 bits per heavy atom. The van der Waals surface area contributed by atoms with Crippen molar-refractivity contribution in [1.29, 1.82) is 0 Å². The van der Waals surface area contributed by atoms with Gasteiger partial charge >= 0.3 is 23.9 Å². The highest BCUT2D eigenvalue weighted by Gasteiger charge is 2.40. The molecule has 0 aromatic heterocycles. The molecule has 0 amide bonds. The van der Waals surface area contributed by atoms with E-state index in [1.807, 2.05) is 0 Å². The first kappa shape index (κ1) is 18.8. The Balaban J connectivity index is 5.04. The van der Waals surface area contributed by atoms with Gasteiger partial charge in [-0.3, -0.25) is 9.59 Å². The molecule has 0 aromatic carbocycles. The molecule has 0 aliphatic rings. The second kappa shape index (κ2) is 8.87. The fourth-order valence-electron chi connectivity index (χ4n) is 1.15. The van der Waals surface area contributed by atoms with Crippen LogP contribution >= 0.6 is 0 Å². The number of ether oxygens (including phenoxy) is 3. The maximum Gasteiger partial charge on any atom is 0.352 e. The molecule has 120 valence electrons. The Labute approximate surface area is 119 Å². The van der Waals surface area contributed by atoms with E-state index in [0.717, 1.165) is 13.8 Å². The lowest BCUT2D eigenvalue weighted by molar-refractivity contribution is -0.189. The molecule has 3 N–H and O–H groups in total. The first-order valence-corrected chi connectivity index (χ1v) is 5.71. The summed E-state index contributed by atoms with van der Waals surface area (Å²) in [6.07, 6.45) is -5.51. The van der Waals surface area contributed by atoms with Crippen LogP contribution in [-0.2, 0) is 33.4 Å². The summed E-state index contributed by atoms with van der Waals surface area (Å²) in [5, 5.41) is 26.5. The normalized spacial score (nSPS) is 14.5. The van der Waals surface area contributed by atoms with Gasteiger partial charge in [0.15, 0.2) is 0 Å². The van der Waals surface area contributed by atoms with Crippen molar-refractivity contribution in [2.75, 3.05) is 13.2 Å². The second-order valence-corrected chi connectivity index (χ2v) is 3.86. The molecule has 0 aliphatic carbocycles. The first-order chi connectivity index (χ1) is 9.68. The number of hydrogen-bond acceptors (Lipinski definition) is 9. The summed E-state index contributed by atoms with van der Waals surface area (Å²) < 4.78 is 13.4. The topological polar surface area (TPSA) is 157 Å². The number of aliphatic carboxylic acids is 1. The van der Waals surface area contributed by atoms with Gasteiger partial charge in [-0.15, -0.1) is 0 Å². The molecule has 10 heteroatoms. The number of aliphatic hydroxyl groups excluding tert-OH is 2. The van der Waals surface area contributed by atoms with Crippen LogP contribution in [0.3, 0.4) is 0 Å². The van der Waals surface area contributed by atoms with Crippen LogP contribution in [0.25, 0.3) is 0 Å². The van der Waals surface area contributed by atoms with Gasteiger partial charge in [0.25, 0.3) is 0 Å². The molecule has 3 unspecified atom stereocenters. The van der Waals surface area contributed by atoms with E-state index in [1.54, 1.807) is 0 Å². The summed E-state index contributed by atoms with van der Waals surface area (Å²) in [6, 6.07) is 0. The Kier molecular flexibility index (Phi) is 7.94. The van der Waals surface area contributed by atoms with Gasteiger partial charge in [-0.05, 0) is 0 Å². The van der Waals surface area contributed by atoms with Crippen LogP contribution in [0.5, 0.6) is 0 Å². The number of carboxylic acids is 1. The fraction of sp³-hybridized carbons (Fsp3) is 0.636. The van der Waals surface area contributed by atoms with Gasteiger partial charge in [-0.25, -0.2) is 9.59 Å². The van der Waals surface area contributed by atoms with E-state index in [2.05, 4.69) is 14.2 Å². The molecule has 0 heterocycles. The van der Waals surface area contributed by atoms with Gasteiger partial charge < -0.3 is 29.5 Å². The van der Waals surface area contributed by atoms with Gasteiger partial charge in [0, 0.05) is 13.8 Å². The zero-order chi connectivity index (χ0) is 16.6. The molecule has 0 fully saturated rings. The number of carbonyl (C=O) groups is 4. The minimum Gasteiger partial charge on any atom is -0.478 e. The number of aliphatic hydroxyl groups is 2. The van der Waals surface area contributed by atoms with Crippen molar-refractivity contribution in [3.05, 3.63) is 0 Å². The van der Waals surface area contributed by atoms with Crippen LogP contribution in [0.1, 0.15) is 13.8 Å². The van der Waals surface area contributed by atoms with Crippen molar-refractivity contribution in [3.8, 4) is 0 Å². The summed E-state index contributed by atoms with van der Waals surface area (Å²) in [6.45, 7) is 0.467.